The highest BCUT2D eigenvalue weighted by Gasteiger charge is 2.47. The molecule has 2 aromatic heterocycles. The molecule has 3 nitrogen and oxygen atoms in total. The Bertz CT molecular complexity index is 3520. The largest absolute Gasteiger partial charge is 0.456 e. The quantitative estimate of drug-likeness (QED) is 0.160. The third kappa shape index (κ3) is 5.47. The number of para-hydroxylation sites is 2. The van der Waals surface area contributed by atoms with E-state index in [1.165, 1.54) is 33.4 Å². The van der Waals surface area contributed by atoms with Crippen molar-refractivity contribution in [3.05, 3.63) is 259 Å². The average Bonchev–Trinajstić information content (AvgIpc) is 4.03. The minimum atomic E-state index is -0.518. The first kappa shape index (κ1) is 36.3. The van der Waals surface area contributed by atoms with Crippen LogP contribution in [0.25, 0.3) is 77.3 Å². The summed E-state index contributed by atoms with van der Waals surface area (Å²) in [5.41, 5.74) is 18.4. The minimum Gasteiger partial charge on any atom is -0.456 e. The molecule has 0 saturated heterocycles. The number of rotatable bonds is 7. The molecule has 0 atom stereocenters. The number of furan rings is 2. The zero-order valence-corrected chi connectivity index (χ0v) is 34.8. The van der Waals surface area contributed by atoms with Crippen molar-refractivity contribution < 1.29 is 8.83 Å². The van der Waals surface area contributed by atoms with Crippen LogP contribution in [-0.2, 0) is 5.41 Å². The van der Waals surface area contributed by atoms with Gasteiger partial charge in [-0.2, -0.15) is 0 Å². The molecule has 12 aromatic rings. The van der Waals surface area contributed by atoms with Gasteiger partial charge in [0, 0.05) is 38.5 Å². The fraction of sp³-hybridized carbons (Fsp3) is 0.0164. The van der Waals surface area contributed by atoms with Crippen LogP contribution in [-0.4, -0.2) is 0 Å². The van der Waals surface area contributed by atoms with Crippen molar-refractivity contribution in [2.45, 2.75) is 5.41 Å². The lowest BCUT2D eigenvalue weighted by Crippen LogP contribution is -2.28. The summed E-state index contributed by atoms with van der Waals surface area (Å²) in [6.07, 6.45) is 0. The molecule has 0 N–H and O–H groups in total. The number of benzene rings is 10. The van der Waals surface area contributed by atoms with Crippen molar-refractivity contribution in [2.24, 2.45) is 0 Å². The Balaban J connectivity index is 0.994. The van der Waals surface area contributed by atoms with E-state index in [2.05, 4.69) is 217 Å². The topological polar surface area (TPSA) is 29.5 Å². The SMILES string of the molecule is c1ccc(C2(c3ccccc3)c3ccccc3-c3c(N(c4ccc(-c5ccc6oc7ccccc7c6c5)cc4)c4ccc(-c5ccc6oc7ccccc7c6c5)cc4)cccc32)cc1. The smallest absolute Gasteiger partial charge is 0.135 e. The molecule has 10 aromatic carbocycles. The third-order valence-electron chi connectivity index (χ3n) is 13.4. The van der Waals surface area contributed by atoms with E-state index >= 15 is 0 Å². The second-order valence-electron chi connectivity index (χ2n) is 16.8. The molecule has 13 rings (SSSR count). The molecule has 0 bridgehead atoms. The first-order valence-corrected chi connectivity index (χ1v) is 21.9. The van der Waals surface area contributed by atoms with Crippen LogP contribution >= 0.6 is 0 Å². The van der Waals surface area contributed by atoms with Gasteiger partial charge in [0.05, 0.1) is 11.1 Å². The van der Waals surface area contributed by atoms with Crippen LogP contribution in [0.5, 0.6) is 0 Å². The van der Waals surface area contributed by atoms with Crippen LogP contribution in [0.4, 0.5) is 17.1 Å². The van der Waals surface area contributed by atoms with Gasteiger partial charge in [-0.1, -0.05) is 170 Å². The molecule has 2 heterocycles. The third-order valence-corrected chi connectivity index (χ3v) is 13.4. The molecule has 300 valence electrons. The number of fused-ring (bicyclic) bond motifs is 9. The van der Waals surface area contributed by atoms with Gasteiger partial charge in [0.25, 0.3) is 0 Å². The van der Waals surface area contributed by atoms with E-state index in [1.807, 2.05) is 24.3 Å². The number of hydrogen-bond donors (Lipinski definition) is 0. The van der Waals surface area contributed by atoms with Gasteiger partial charge in [0.15, 0.2) is 0 Å². The molecule has 0 aliphatic heterocycles. The second kappa shape index (κ2) is 14.3. The van der Waals surface area contributed by atoms with Gasteiger partial charge in [-0.3, -0.25) is 0 Å². The summed E-state index contributed by atoms with van der Waals surface area (Å²) in [4.78, 5) is 2.44. The maximum atomic E-state index is 6.18. The van der Waals surface area contributed by atoms with Crippen molar-refractivity contribution in [3.63, 3.8) is 0 Å². The Hall–Kier alpha value is -8.40. The first-order chi connectivity index (χ1) is 31.7. The van der Waals surface area contributed by atoms with E-state index in [1.54, 1.807) is 0 Å². The zero-order chi connectivity index (χ0) is 42.2. The average molecular weight is 818 g/mol. The highest BCUT2D eigenvalue weighted by Crippen LogP contribution is 2.59. The molecule has 0 saturated carbocycles. The Morgan fingerprint density at radius 1 is 0.312 bits per heavy atom. The Labute approximate surface area is 370 Å². The Morgan fingerprint density at radius 3 is 1.30 bits per heavy atom. The van der Waals surface area contributed by atoms with Gasteiger partial charge in [0.1, 0.15) is 22.3 Å². The van der Waals surface area contributed by atoms with Crippen molar-refractivity contribution in [1.82, 2.24) is 0 Å². The Kier molecular flexibility index (Phi) is 8.13. The molecule has 0 fully saturated rings. The van der Waals surface area contributed by atoms with Crippen molar-refractivity contribution in [2.75, 3.05) is 4.90 Å². The molecule has 64 heavy (non-hydrogen) atoms. The Morgan fingerprint density at radius 2 is 0.750 bits per heavy atom. The lowest BCUT2D eigenvalue weighted by molar-refractivity contribution is 0.668. The van der Waals surface area contributed by atoms with E-state index in [0.29, 0.717) is 0 Å². The van der Waals surface area contributed by atoms with Crippen LogP contribution in [0.2, 0.25) is 0 Å². The van der Waals surface area contributed by atoms with Gasteiger partial charge in [-0.05, 0) is 117 Å². The van der Waals surface area contributed by atoms with Crippen LogP contribution in [0, 0.1) is 0 Å². The fourth-order valence-corrected chi connectivity index (χ4v) is 10.5. The highest BCUT2D eigenvalue weighted by molar-refractivity contribution is 6.07. The van der Waals surface area contributed by atoms with Gasteiger partial charge in [-0.25, -0.2) is 0 Å². The summed E-state index contributed by atoms with van der Waals surface area (Å²) in [7, 11) is 0. The lowest BCUT2D eigenvalue weighted by atomic mass is 9.68. The molecular formula is C61H39NO2. The standard InChI is InChI=1S/C61H39NO2/c1-3-14-44(15-4-1)61(45-16-5-2-6-17-45)53-21-10-7-20-50(53)60-54(61)22-13-23-55(60)62(46-32-26-40(27-33-46)42-30-36-58-51(38-42)48-18-8-11-24-56(48)63-58)47-34-28-41(29-35-47)43-31-37-59-52(39-43)49-19-9-12-25-57(49)64-59/h1-39H. The number of hydrogen-bond acceptors (Lipinski definition) is 3. The predicted molar refractivity (Wildman–Crippen MR) is 264 cm³/mol. The molecule has 3 heteroatoms. The van der Waals surface area contributed by atoms with Crippen molar-refractivity contribution in [1.29, 1.82) is 0 Å². The molecule has 0 unspecified atom stereocenters. The van der Waals surface area contributed by atoms with Gasteiger partial charge in [0.2, 0.25) is 0 Å². The predicted octanol–water partition coefficient (Wildman–Crippen LogP) is 16.7. The molecular weight excluding hydrogens is 779 g/mol. The van der Waals surface area contributed by atoms with E-state index < -0.39 is 5.41 Å². The van der Waals surface area contributed by atoms with Gasteiger partial charge < -0.3 is 13.7 Å². The summed E-state index contributed by atoms with van der Waals surface area (Å²) >= 11 is 0. The summed E-state index contributed by atoms with van der Waals surface area (Å²) < 4.78 is 12.4. The molecule has 0 amide bonds. The minimum absolute atomic E-state index is 0.518. The number of nitrogens with zero attached hydrogens (tertiary/aromatic N) is 1. The molecule has 1 aliphatic carbocycles. The maximum Gasteiger partial charge on any atom is 0.135 e. The normalized spacial score (nSPS) is 12.8. The first-order valence-electron chi connectivity index (χ1n) is 21.9. The van der Waals surface area contributed by atoms with Crippen LogP contribution < -0.4 is 4.90 Å². The monoisotopic (exact) mass is 817 g/mol. The van der Waals surface area contributed by atoms with Crippen LogP contribution in [0.15, 0.2) is 245 Å². The number of anilines is 3. The zero-order valence-electron chi connectivity index (χ0n) is 34.8. The summed E-state index contributed by atoms with van der Waals surface area (Å²) in [6.45, 7) is 0. The summed E-state index contributed by atoms with van der Waals surface area (Å²) in [5.74, 6) is 0. The second-order valence-corrected chi connectivity index (χ2v) is 16.8. The maximum absolute atomic E-state index is 6.18. The molecule has 1 aliphatic rings. The highest BCUT2D eigenvalue weighted by atomic mass is 16.3. The van der Waals surface area contributed by atoms with E-state index in [9.17, 15) is 0 Å². The summed E-state index contributed by atoms with van der Waals surface area (Å²) in [6, 6.07) is 85.5. The fourth-order valence-electron chi connectivity index (χ4n) is 10.5. The van der Waals surface area contributed by atoms with Crippen molar-refractivity contribution in [3.8, 4) is 33.4 Å². The van der Waals surface area contributed by atoms with Crippen LogP contribution in [0.1, 0.15) is 22.3 Å². The van der Waals surface area contributed by atoms with Gasteiger partial charge >= 0.3 is 0 Å². The lowest BCUT2D eigenvalue weighted by Gasteiger charge is -2.34. The van der Waals surface area contributed by atoms with E-state index in [0.717, 1.165) is 83.2 Å². The molecule has 0 spiro atoms. The molecule has 0 radical (unpaired) electrons. The van der Waals surface area contributed by atoms with E-state index in [-0.39, 0.29) is 0 Å². The van der Waals surface area contributed by atoms with E-state index in [4.69, 9.17) is 8.83 Å². The van der Waals surface area contributed by atoms with Crippen LogP contribution in [0.3, 0.4) is 0 Å². The summed E-state index contributed by atoms with van der Waals surface area (Å²) in [5, 5.41) is 4.50. The van der Waals surface area contributed by atoms with Gasteiger partial charge in [-0.15, -0.1) is 0 Å². The van der Waals surface area contributed by atoms with Crippen molar-refractivity contribution >= 4 is 60.9 Å².